The summed E-state index contributed by atoms with van der Waals surface area (Å²) in [6.07, 6.45) is 1.95. The van der Waals surface area contributed by atoms with Gasteiger partial charge in [0.1, 0.15) is 11.0 Å². The van der Waals surface area contributed by atoms with E-state index in [1.165, 1.54) is 11.8 Å². The summed E-state index contributed by atoms with van der Waals surface area (Å²) in [6, 6.07) is 2.28. The number of thioether (sulfide) groups is 1. The number of anilines is 1. The van der Waals surface area contributed by atoms with Gasteiger partial charge in [-0.15, -0.1) is 0 Å². The lowest BCUT2D eigenvalue weighted by Gasteiger charge is -2.34. The number of hydrogen-bond acceptors (Lipinski definition) is 5. The Morgan fingerprint density at radius 3 is 3.06 bits per heavy atom. The van der Waals surface area contributed by atoms with E-state index in [-0.39, 0.29) is 0 Å². The van der Waals surface area contributed by atoms with Gasteiger partial charge in [-0.3, -0.25) is 0 Å². The van der Waals surface area contributed by atoms with Gasteiger partial charge in [-0.1, -0.05) is 23.4 Å². The molecule has 0 radical (unpaired) electrons. The highest BCUT2D eigenvalue weighted by molar-refractivity contribution is 7.98. The lowest BCUT2D eigenvalue weighted by atomic mass is 10.2. The van der Waals surface area contributed by atoms with Crippen LogP contribution in [0.3, 0.4) is 0 Å². The minimum atomic E-state index is 0.439. The Kier molecular flexibility index (Phi) is 3.89. The van der Waals surface area contributed by atoms with Crippen molar-refractivity contribution < 1.29 is 0 Å². The molecule has 0 unspecified atom stereocenters. The molecule has 1 aromatic heterocycles. The first-order chi connectivity index (χ1) is 7.70. The van der Waals surface area contributed by atoms with Crippen LogP contribution in [0.2, 0.25) is 5.15 Å². The molecule has 1 aliphatic rings. The monoisotopic (exact) mass is 258 g/mol. The van der Waals surface area contributed by atoms with Crippen LogP contribution in [0.15, 0.2) is 11.2 Å². The van der Waals surface area contributed by atoms with E-state index in [1.807, 2.05) is 12.3 Å². The Balaban J connectivity index is 2.27. The van der Waals surface area contributed by atoms with Gasteiger partial charge in [0.15, 0.2) is 5.16 Å². The fourth-order valence-corrected chi connectivity index (χ4v) is 2.41. The highest BCUT2D eigenvalue weighted by Crippen LogP contribution is 2.22. The van der Waals surface area contributed by atoms with Crippen molar-refractivity contribution in [3.05, 3.63) is 11.2 Å². The quantitative estimate of drug-likeness (QED) is 0.496. The molecule has 4 nitrogen and oxygen atoms in total. The van der Waals surface area contributed by atoms with Crippen molar-refractivity contribution in [2.24, 2.45) is 0 Å². The Bertz CT molecular complexity index is 374. The largest absolute Gasteiger partial charge is 0.351 e. The van der Waals surface area contributed by atoms with Crippen LogP contribution in [0, 0.1) is 0 Å². The second-order valence-corrected chi connectivity index (χ2v) is 4.94. The molecule has 0 aromatic carbocycles. The van der Waals surface area contributed by atoms with Gasteiger partial charge >= 0.3 is 0 Å². The van der Waals surface area contributed by atoms with E-state index in [0.29, 0.717) is 11.2 Å². The Morgan fingerprint density at radius 2 is 2.38 bits per heavy atom. The zero-order valence-corrected chi connectivity index (χ0v) is 11.0. The first-order valence-electron chi connectivity index (χ1n) is 5.26. The maximum absolute atomic E-state index is 5.99. The lowest BCUT2D eigenvalue weighted by Crippen LogP contribution is -2.50. The predicted molar refractivity (Wildman–Crippen MR) is 68.5 cm³/mol. The van der Waals surface area contributed by atoms with Crippen LogP contribution < -0.4 is 10.2 Å². The van der Waals surface area contributed by atoms with E-state index in [9.17, 15) is 0 Å². The molecular weight excluding hydrogens is 244 g/mol. The second-order valence-electron chi connectivity index (χ2n) is 3.78. The van der Waals surface area contributed by atoms with Crippen molar-refractivity contribution >= 4 is 29.2 Å². The van der Waals surface area contributed by atoms with Gasteiger partial charge in [-0.2, -0.15) is 0 Å². The van der Waals surface area contributed by atoms with Crippen molar-refractivity contribution in [3.8, 4) is 0 Å². The van der Waals surface area contributed by atoms with Crippen LogP contribution in [0.5, 0.6) is 0 Å². The summed E-state index contributed by atoms with van der Waals surface area (Å²) in [6.45, 7) is 5.11. The van der Waals surface area contributed by atoms with Crippen molar-refractivity contribution in [3.63, 3.8) is 0 Å². The smallest absolute Gasteiger partial charge is 0.190 e. The van der Waals surface area contributed by atoms with E-state index < -0.39 is 0 Å². The molecule has 88 valence electrons. The van der Waals surface area contributed by atoms with Crippen molar-refractivity contribution in [1.82, 2.24) is 15.3 Å². The summed E-state index contributed by atoms with van der Waals surface area (Å²) < 4.78 is 0. The third-order valence-corrected chi connectivity index (χ3v) is 3.38. The van der Waals surface area contributed by atoms with Crippen LogP contribution >= 0.6 is 23.4 Å². The van der Waals surface area contributed by atoms with E-state index >= 15 is 0 Å². The van der Waals surface area contributed by atoms with Gasteiger partial charge in [-0.05, 0) is 13.2 Å². The highest BCUT2D eigenvalue weighted by Gasteiger charge is 2.20. The average Bonchev–Trinajstić information content (AvgIpc) is 2.28. The molecular formula is C10H15ClN4S. The molecule has 1 aromatic rings. The van der Waals surface area contributed by atoms with Crippen LogP contribution in [0.4, 0.5) is 5.82 Å². The Hall–Kier alpha value is -0.520. The van der Waals surface area contributed by atoms with E-state index in [0.717, 1.165) is 30.6 Å². The maximum atomic E-state index is 5.99. The van der Waals surface area contributed by atoms with Crippen LogP contribution in [-0.4, -0.2) is 41.9 Å². The molecule has 1 saturated heterocycles. The normalized spacial score (nSPS) is 21.2. The molecule has 2 heterocycles. The third-order valence-electron chi connectivity index (χ3n) is 2.64. The minimum absolute atomic E-state index is 0.439. The molecule has 0 spiro atoms. The van der Waals surface area contributed by atoms with Crippen LogP contribution in [0.1, 0.15) is 6.92 Å². The van der Waals surface area contributed by atoms with Gasteiger partial charge < -0.3 is 10.2 Å². The molecule has 0 aliphatic carbocycles. The van der Waals surface area contributed by atoms with E-state index in [4.69, 9.17) is 11.6 Å². The molecule has 6 heteroatoms. The molecule has 1 atom stereocenters. The molecule has 16 heavy (non-hydrogen) atoms. The molecule has 1 N–H and O–H groups in total. The number of rotatable bonds is 2. The average molecular weight is 259 g/mol. The maximum Gasteiger partial charge on any atom is 0.190 e. The predicted octanol–water partition coefficient (Wildman–Crippen LogP) is 1.65. The van der Waals surface area contributed by atoms with E-state index in [1.54, 1.807) is 0 Å². The second kappa shape index (κ2) is 5.21. The standard InChI is InChI=1S/C10H15ClN4S/c1-7-6-12-3-4-15(7)9-5-8(11)13-10(14-9)16-2/h5,7,12H,3-4,6H2,1-2H3/t7-/m1/s1. The first-order valence-corrected chi connectivity index (χ1v) is 6.87. The zero-order valence-electron chi connectivity index (χ0n) is 9.40. The summed E-state index contributed by atoms with van der Waals surface area (Å²) in [5, 5.41) is 4.60. The summed E-state index contributed by atoms with van der Waals surface area (Å²) in [7, 11) is 0. The van der Waals surface area contributed by atoms with Crippen molar-refractivity contribution in [2.45, 2.75) is 18.1 Å². The van der Waals surface area contributed by atoms with Gasteiger partial charge in [0.2, 0.25) is 0 Å². The summed E-state index contributed by atoms with van der Waals surface area (Å²) in [5.74, 6) is 0.929. The van der Waals surface area contributed by atoms with Gasteiger partial charge in [0, 0.05) is 31.7 Å². The fraction of sp³-hybridized carbons (Fsp3) is 0.600. The van der Waals surface area contributed by atoms with Gasteiger partial charge in [-0.25, -0.2) is 9.97 Å². The number of aromatic nitrogens is 2. The molecule has 1 aliphatic heterocycles. The van der Waals surface area contributed by atoms with Crippen LogP contribution in [0.25, 0.3) is 0 Å². The van der Waals surface area contributed by atoms with Crippen molar-refractivity contribution in [2.75, 3.05) is 30.8 Å². The Morgan fingerprint density at radius 1 is 1.56 bits per heavy atom. The number of piperazine rings is 1. The number of halogens is 1. The zero-order chi connectivity index (χ0) is 11.5. The number of nitrogens with zero attached hydrogens (tertiary/aromatic N) is 3. The SMILES string of the molecule is CSc1nc(Cl)cc(N2CCNC[C@H]2C)n1. The molecule has 2 rings (SSSR count). The summed E-state index contributed by atoms with van der Waals surface area (Å²) in [5.41, 5.74) is 0. The highest BCUT2D eigenvalue weighted by atomic mass is 35.5. The molecule has 1 fully saturated rings. The summed E-state index contributed by atoms with van der Waals surface area (Å²) >= 11 is 7.50. The van der Waals surface area contributed by atoms with Gasteiger partial charge in [0.05, 0.1) is 0 Å². The minimum Gasteiger partial charge on any atom is -0.351 e. The molecule has 0 saturated carbocycles. The van der Waals surface area contributed by atoms with E-state index in [2.05, 4.69) is 27.1 Å². The van der Waals surface area contributed by atoms with Crippen molar-refractivity contribution in [1.29, 1.82) is 0 Å². The fourth-order valence-electron chi connectivity index (χ4n) is 1.81. The molecule has 0 bridgehead atoms. The number of nitrogens with one attached hydrogen (secondary N) is 1. The third kappa shape index (κ3) is 2.59. The summed E-state index contributed by atoms with van der Waals surface area (Å²) in [4.78, 5) is 10.9. The topological polar surface area (TPSA) is 41.1 Å². The van der Waals surface area contributed by atoms with Crippen LogP contribution in [-0.2, 0) is 0 Å². The molecule has 0 amide bonds. The Labute approximate surface area is 105 Å². The number of hydrogen-bond donors (Lipinski definition) is 1. The van der Waals surface area contributed by atoms with Gasteiger partial charge in [0.25, 0.3) is 0 Å². The first kappa shape index (κ1) is 12.0. The lowest BCUT2D eigenvalue weighted by molar-refractivity contribution is 0.495.